The first-order valence-electron chi connectivity index (χ1n) is 4.93. The van der Waals surface area contributed by atoms with Crippen LogP contribution in [0.2, 0.25) is 0 Å². The van der Waals surface area contributed by atoms with Gasteiger partial charge in [0, 0.05) is 12.5 Å². The highest BCUT2D eigenvalue weighted by atomic mass is 19.1. The molecule has 86 valence electrons. The van der Waals surface area contributed by atoms with Crippen molar-refractivity contribution in [2.24, 2.45) is 0 Å². The normalized spacial score (nSPS) is 20.0. The molecule has 0 radical (unpaired) electrons. The van der Waals surface area contributed by atoms with Crippen molar-refractivity contribution in [3.05, 3.63) is 39.4 Å². The number of hydrogen-bond acceptors (Lipinski definition) is 3. The van der Waals surface area contributed by atoms with E-state index in [0.29, 0.717) is 19.0 Å². The van der Waals surface area contributed by atoms with E-state index >= 15 is 0 Å². The fraction of sp³-hybridized carbons (Fsp3) is 0.400. The van der Waals surface area contributed by atoms with Crippen molar-refractivity contribution in [2.75, 3.05) is 13.1 Å². The molecule has 0 spiro atoms. The number of rotatable bonds is 2. The van der Waals surface area contributed by atoms with Crippen molar-refractivity contribution in [1.29, 1.82) is 0 Å². The molecular formula is C10H10F2N2O2. The van der Waals surface area contributed by atoms with Crippen LogP contribution in [0.15, 0.2) is 12.1 Å². The zero-order chi connectivity index (χ0) is 11.7. The van der Waals surface area contributed by atoms with Crippen LogP contribution in [0, 0.1) is 21.7 Å². The number of halogens is 2. The Hall–Kier alpha value is -1.56. The summed E-state index contributed by atoms with van der Waals surface area (Å²) in [6.45, 7) is 1.33. The molecule has 1 aliphatic heterocycles. The molecule has 4 nitrogen and oxygen atoms in total. The lowest BCUT2D eigenvalue weighted by atomic mass is 9.97. The molecule has 2 rings (SSSR count). The third-order valence-corrected chi connectivity index (χ3v) is 2.76. The van der Waals surface area contributed by atoms with Crippen molar-refractivity contribution < 1.29 is 13.7 Å². The van der Waals surface area contributed by atoms with Crippen molar-refractivity contribution in [3.8, 4) is 0 Å². The van der Waals surface area contributed by atoms with E-state index in [1.165, 1.54) is 0 Å². The van der Waals surface area contributed by atoms with Crippen LogP contribution in [-0.2, 0) is 0 Å². The molecule has 0 aliphatic carbocycles. The molecule has 6 heteroatoms. The molecule has 1 aliphatic rings. The van der Waals surface area contributed by atoms with E-state index in [1.54, 1.807) is 0 Å². The molecule has 1 aromatic carbocycles. The van der Waals surface area contributed by atoms with Gasteiger partial charge in [0.25, 0.3) is 0 Å². The highest BCUT2D eigenvalue weighted by Gasteiger charge is 2.25. The summed E-state index contributed by atoms with van der Waals surface area (Å²) in [4.78, 5) is 9.47. The van der Waals surface area contributed by atoms with Crippen LogP contribution in [0.5, 0.6) is 0 Å². The summed E-state index contributed by atoms with van der Waals surface area (Å²) in [5.41, 5.74) is -0.597. The summed E-state index contributed by atoms with van der Waals surface area (Å²) in [5.74, 6) is -1.79. The Morgan fingerprint density at radius 2 is 2.12 bits per heavy atom. The van der Waals surface area contributed by atoms with Gasteiger partial charge in [-0.3, -0.25) is 10.1 Å². The minimum absolute atomic E-state index is 0.102. The van der Waals surface area contributed by atoms with Crippen LogP contribution in [0.3, 0.4) is 0 Å². The number of nitrogens with one attached hydrogen (secondary N) is 1. The predicted octanol–water partition coefficient (Wildman–Crippen LogP) is 1.95. The van der Waals surface area contributed by atoms with E-state index in [4.69, 9.17) is 0 Å². The topological polar surface area (TPSA) is 55.2 Å². The predicted molar refractivity (Wildman–Crippen MR) is 53.2 cm³/mol. The second kappa shape index (κ2) is 4.13. The zero-order valence-corrected chi connectivity index (χ0v) is 8.37. The number of benzene rings is 1. The average molecular weight is 228 g/mol. The van der Waals surface area contributed by atoms with Gasteiger partial charge in [-0.1, -0.05) is 0 Å². The Morgan fingerprint density at radius 3 is 2.69 bits per heavy atom. The van der Waals surface area contributed by atoms with Crippen LogP contribution in [-0.4, -0.2) is 18.0 Å². The minimum atomic E-state index is -0.978. The molecule has 1 N–H and O–H groups in total. The van der Waals surface area contributed by atoms with Gasteiger partial charge in [0.1, 0.15) is 5.82 Å². The molecular weight excluding hydrogens is 218 g/mol. The second-order valence-corrected chi connectivity index (χ2v) is 3.77. The summed E-state index contributed by atoms with van der Waals surface area (Å²) in [6.07, 6.45) is 0.716. The van der Waals surface area contributed by atoms with Crippen LogP contribution in [0.1, 0.15) is 17.9 Å². The molecule has 1 heterocycles. The maximum absolute atomic E-state index is 13.5. The maximum atomic E-state index is 13.5. The lowest BCUT2D eigenvalue weighted by Crippen LogP contribution is -2.09. The lowest BCUT2D eigenvalue weighted by Gasteiger charge is -2.09. The Morgan fingerprint density at radius 1 is 1.38 bits per heavy atom. The van der Waals surface area contributed by atoms with Crippen LogP contribution in [0.4, 0.5) is 14.5 Å². The number of hydrogen-bond donors (Lipinski definition) is 1. The van der Waals surface area contributed by atoms with E-state index in [9.17, 15) is 18.9 Å². The first kappa shape index (κ1) is 10.9. The molecule has 0 aromatic heterocycles. The van der Waals surface area contributed by atoms with E-state index in [0.717, 1.165) is 12.6 Å². The van der Waals surface area contributed by atoms with Gasteiger partial charge in [0.2, 0.25) is 5.82 Å². The van der Waals surface area contributed by atoms with E-state index in [1.807, 2.05) is 0 Å². The summed E-state index contributed by atoms with van der Waals surface area (Å²) in [7, 11) is 0. The second-order valence-electron chi connectivity index (χ2n) is 3.77. The number of nitro groups is 1. The van der Waals surface area contributed by atoms with Gasteiger partial charge in [-0.15, -0.1) is 0 Å². The Balaban J connectivity index is 2.40. The smallest absolute Gasteiger partial charge is 0.307 e. The fourth-order valence-corrected chi connectivity index (χ4v) is 1.92. The maximum Gasteiger partial charge on any atom is 0.307 e. The highest BCUT2D eigenvalue weighted by Crippen LogP contribution is 2.29. The molecule has 1 saturated heterocycles. The molecule has 0 amide bonds. The molecule has 1 aromatic rings. The van der Waals surface area contributed by atoms with Gasteiger partial charge in [0.05, 0.1) is 11.0 Å². The van der Waals surface area contributed by atoms with Crippen LogP contribution < -0.4 is 5.32 Å². The summed E-state index contributed by atoms with van der Waals surface area (Å²) in [5, 5.41) is 13.4. The van der Waals surface area contributed by atoms with E-state index in [2.05, 4.69) is 5.32 Å². The molecule has 1 atom stereocenters. The van der Waals surface area contributed by atoms with Gasteiger partial charge in [-0.05, 0) is 24.6 Å². The summed E-state index contributed by atoms with van der Waals surface area (Å²) in [6, 6.07) is 1.59. The summed E-state index contributed by atoms with van der Waals surface area (Å²) < 4.78 is 26.8. The lowest BCUT2D eigenvalue weighted by molar-refractivity contribution is -0.387. The number of nitrogens with zero attached hydrogens (tertiary/aromatic N) is 1. The van der Waals surface area contributed by atoms with Gasteiger partial charge in [-0.2, -0.15) is 4.39 Å². The average Bonchev–Trinajstić information content (AvgIpc) is 2.73. The molecule has 1 fully saturated rings. The highest BCUT2D eigenvalue weighted by molar-refractivity contribution is 5.38. The first-order valence-corrected chi connectivity index (χ1v) is 4.93. The van der Waals surface area contributed by atoms with Crippen molar-refractivity contribution >= 4 is 5.69 Å². The van der Waals surface area contributed by atoms with Gasteiger partial charge in [-0.25, -0.2) is 4.39 Å². The quantitative estimate of drug-likeness (QED) is 0.621. The number of nitro benzene ring substituents is 1. The summed E-state index contributed by atoms with van der Waals surface area (Å²) >= 11 is 0. The largest absolute Gasteiger partial charge is 0.316 e. The van der Waals surface area contributed by atoms with Crippen molar-refractivity contribution in [1.82, 2.24) is 5.32 Å². The Bertz CT molecular complexity index is 431. The third-order valence-electron chi connectivity index (χ3n) is 2.76. The van der Waals surface area contributed by atoms with Crippen molar-refractivity contribution in [2.45, 2.75) is 12.3 Å². The standard InChI is InChI=1S/C10H10F2N2O2/c11-8-4-10(14(15)16)9(12)3-7(8)6-1-2-13-5-6/h3-4,6,13H,1-2,5H2. The van der Waals surface area contributed by atoms with Crippen LogP contribution in [0.25, 0.3) is 0 Å². The Labute approximate surface area is 90.4 Å². The fourth-order valence-electron chi connectivity index (χ4n) is 1.92. The minimum Gasteiger partial charge on any atom is -0.316 e. The SMILES string of the molecule is O=[N+]([O-])c1cc(F)c(C2CCNC2)cc1F. The third kappa shape index (κ3) is 1.88. The molecule has 1 unspecified atom stereocenters. The van der Waals surface area contributed by atoms with Gasteiger partial charge < -0.3 is 5.32 Å². The molecule has 0 bridgehead atoms. The van der Waals surface area contributed by atoms with E-state index < -0.39 is 22.2 Å². The zero-order valence-electron chi connectivity index (χ0n) is 8.37. The molecule has 16 heavy (non-hydrogen) atoms. The first-order chi connectivity index (χ1) is 7.59. The van der Waals surface area contributed by atoms with Crippen LogP contribution >= 0.6 is 0 Å². The monoisotopic (exact) mass is 228 g/mol. The molecule has 0 saturated carbocycles. The Kier molecular flexibility index (Phi) is 2.82. The van der Waals surface area contributed by atoms with Crippen molar-refractivity contribution in [3.63, 3.8) is 0 Å². The van der Waals surface area contributed by atoms with E-state index in [-0.39, 0.29) is 11.5 Å². The van der Waals surface area contributed by atoms with Gasteiger partial charge >= 0.3 is 5.69 Å². The van der Waals surface area contributed by atoms with Gasteiger partial charge in [0.15, 0.2) is 0 Å².